The molecular weight excluding hydrogens is 272 g/mol. The number of hydrogen-bond donors (Lipinski definition) is 1. The maximum atomic E-state index is 5.10. The Balaban J connectivity index is 2.40. The molecule has 22 heavy (non-hydrogen) atoms. The minimum atomic E-state index is 0.437. The third-order valence-corrected chi connectivity index (χ3v) is 3.99. The Bertz CT molecular complexity index is 620. The van der Waals surface area contributed by atoms with Crippen LogP contribution in [0.25, 0.3) is 10.9 Å². The van der Waals surface area contributed by atoms with Gasteiger partial charge >= 0.3 is 0 Å². The Hall–Kier alpha value is -1.45. The van der Waals surface area contributed by atoms with Crippen molar-refractivity contribution in [1.29, 1.82) is 0 Å². The van der Waals surface area contributed by atoms with Crippen LogP contribution in [-0.4, -0.2) is 25.2 Å². The third kappa shape index (κ3) is 4.05. The maximum absolute atomic E-state index is 5.10. The summed E-state index contributed by atoms with van der Waals surface area (Å²) in [4.78, 5) is 4.83. The van der Waals surface area contributed by atoms with E-state index in [-0.39, 0.29) is 0 Å². The zero-order valence-electron chi connectivity index (χ0n) is 14.4. The van der Waals surface area contributed by atoms with E-state index >= 15 is 0 Å². The van der Waals surface area contributed by atoms with Gasteiger partial charge in [0.15, 0.2) is 0 Å². The van der Waals surface area contributed by atoms with E-state index in [0.29, 0.717) is 11.8 Å². The van der Waals surface area contributed by atoms with Crippen molar-refractivity contribution in [2.45, 2.75) is 46.1 Å². The first-order valence-corrected chi connectivity index (χ1v) is 8.16. The van der Waals surface area contributed by atoms with Crippen LogP contribution in [0, 0.1) is 0 Å². The molecule has 0 fully saturated rings. The third-order valence-electron chi connectivity index (χ3n) is 3.99. The first-order chi connectivity index (χ1) is 10.5. The van der Waals surface area contributed by atoms with Crippen LogP contribution in [0.4, 0.5) is 0 Å². The van der Waals surface area contributed by atoms with Crippen LogP contribution in [0.3, 0.4) is 0 Å². The van der Waals surface area contributed by atoms with E-state index < -0.39 is 0 Å². The summed E-state index contributed by atoms with van der Waals surface area (Å²) in [7, 11) is 1.73. The molecule has 0 saturated heterocycles. The van der Waals surface area contributed by atoms with Gasteiger partial charge in [0.25, 0.3) is 0 Å². The highest BCUT2D eigenvalue weighted by atomic mass is 16.5. The van der Waals surface area contributed by atoms with Crippen LogP contribution in [0.2, 0.25) is 0 Å². The number of hydrogen-bond acceptors (Lipinski definition) is 3. The lowest BCUT2D eigenvalue weighted by Crippen LogP contribution is -2.19. The molecule has 1 heterocycles. The van der Waals surface area contributed by atoms with Crippen molar-refractivity contribution in [2.24, 2.45) is 0 Å². The van der Waals surface area contributed by atoms with Gasteiger partial charge in [-0.2, -0.15) is 0 Å². The summed E-state index contributed by atoms with van der Waals surface area (Å²) in [6.45, 7) is 11.3. The molecular formula is C19H28N2O. The molecule has 0 radical (unpaired) electrons. The average Bonchev–Trinajstić information content (AvgIpc) is 2.50. The van der Waals surface area contributed by atoms with Crippen molar-refractivity contribution in [2.75, 3.05) is 20.3 Å². The summed E-state index contributed by atoms with van der Waals surface area (Å²) in [5.41, 5.74) is 4.95. The Morgan fingerprint density at radius 2 is 1.86 bits per heavy atom. The second-order valence-electron chi connectivity index (χ2n) is 6.46. The van der Waals surface area contributed by atoms with Crippen LogP contribution < -0.4 is 5.32 Å². The van der Waals surface area contributed by atoms with Crippen molar-refractivity contribution >= 4 is 10.9 Å². The number of rotatable bonds is 7. The van der Waals surface area contributed by atoms with Crippen molar-refractivity contribution in [3.8, 4) is 0 Å². The van der Waals surface area contributed by atoms with Crippen LogP contribution in [0.5, 0.6) is 0 Å². The monoisotopic (exact) mass is 300 g/mol. The van der Waals surface area contributed by atoms with Gasteiger partial charge in [-0.25, -0.2) is 0 Å². The molecule has 0 aliphatic rings. The summed E-state index contributed by atoms with van der Waals surface area (Å²) >= 11 is 0. The van der Waals surface area contributed by atoms with E-state index in [0.717, 1.165) is 30.9 Å². The topological polar surface area (TPSA) is 34.1 Å². The van der Waals surface area contributed by atoms with Gasteiger partial charge in [-0.1, -0.05) is 33.8 Å². The number of nitrogens with zero attached hydrogens (tertiary/aromatic N) is 1. The molecule has 3 heteroatoms. The second kappa shape index (κ2) is 7.70. The molecule has 0 saturated carbocycles. The molecule has 0 aliphatic heterocycles. The molecule has 0 aliphatic carbocycles. The number of methoxy groups -OCH3 is 1. The van der Waals surface area contributed by atoms with Crippen molar-refractivity contribution in [3.63, 3.8) is 0 Å². The van der Waals surface area contributed by atoms with Crippen molar-refractivity contribution in [3.05, 3.63) is 41.1 Å². The Labute approximate surface area is 134 Å². The quantitative estimate of drug-likeness (QED) is 0.777. The number of aromatic nitrogens is 1. The molecule has 1 aromatic carbocycles. The second-order valence-corrected chi connectivity index (χ2v) is 6.46. The smallest absolute Gasteiger partial charge is 0.0708 e. The van der Waals surface area contributed by atoms with Crippen LogP contribution >= 0.6 is 0 Å². The predicted octanol–water partition coefficient (Wildman–Crippen LogP) is 4.22. The number of ether oxygens (including phenoxy) is 1. The molecule has 2 rings (SSSR count). The number of benzene rings is 1. The average molecular weight is 300 g/mol. The predicted molar refractivity (Wildman–Crippen MR) is 93.5 cm³/mol. The molecule has 0 bridgehead atoms. The van der Waals surface area contributed by atoms with Crippen molar-refractivity contribution in [1.82, 2.24) is 10.3 Å². The standard InChI is InChI=1S/C19H28N2O/c1-13(2)15-6-7-18-17(10-15)16(12-20-8-9-22-5)11-19(21-18)14(3)4/h6-7,10-11,13-14,20H,8-9,12H2,1-5H3. The highest BCUT2D eigenvalue weighted by molar-refractivity contribution is 5.83. The summed E-state index contributed by atoms with van der Waals surface area (Å²) < 4.78 is 5.10. The zero-order chi connectivity index (χ0) is 16.1. The van der Waals surface area contributed by atoms with E-state index in [1.54, 1.807) is 7.11 Å². The fourth-order valence-corrected chi connectivity index (χ4v) is 2.53. The molecule has 1 N–H and O–H groups in total. The first kappa shape index (κ1) is 16.9. The largest absolute Gasteiger partial charge is 0.383 e. The zero-order valence-corrected chi connectivity index (χ0v) is 14.4. The summed E-state index contributed by atoms with van der Waals surface area (Å²) in [5.74, 6) is 0.968. The first-order valence-electron chi connectivity index (χ1n) is 8.16. The van der Waals surface area contributed by atoms with E-state index in [1.165, 1.54) is 16.5 Å². The molecule has 120 valence electrons. The Morgan fingerprint density at radius 3 is 2.50 bits per heavy atom. The molecule has 0 unspecified atom stereocenters. The lowest BCUT2D eigenvalue weighted by atomic mass is 9.97. The summed E-state index contributed by atoms with van der Waals surface area (Å²) in [6, 6.07) is 8.91. The van der Waals surface area contributed by atoms with Gasteiger partial charge in [0.1, 0.15) is 0 Å². The molecule has 0 amide bonds. The Kier molecular flexibility index (Phi) is 5.92. The van der Waals surface area contributed by atoms with Gasteiger partial charge in [-0.05, 0) is 41.2 Å². The lowest BCUT2D eigenvalue weighted by molar-refractivity contribution is 0.199. The van der Waals surface area contributed by atoms with Crippen LogP contribution in [0.1, 0.15) is 56.4 Å². The lowest BCUT2D eigenvalue weighted by Gasteiger charge is -2.14. The normalized spacial score (nSPS) is 11.8. The van der Waals surface area contributed by atoms with E-state index in [1.807, 2.05) is 0 Å². The number of nitrogens with one attached hydrogen (secondary N) is 1. The highest BCUT2D eigenvalue weighted by Gasteiger charge is 2.10. The molecule has 3 nitrogen and oxygen atoms in total. The molecule has 1 aromatic heterocycles. The van der Waals surface area contributed by atoms with Gasteiger partial charge < -0.3 is 10.1 Å². The highest BCUT2D eigenvalue weighted by Crippen LogP contribution is 2.26. The van der Waals surface area contributed by atoms with E-state index in [2.05, 4.69) is 57.3 Å². The van der Waals surface area contributed by atoms with Gasteiger partial charge in [-0.3, -0.25) is 4.98 Å². The van der Waals surface area contributed by atoms with Gasteiger partial charge in [0, 0.05) is 31.3 Å². The molecule has 0 spiro atoms. The molecule has 2 aromatic rings. The van der Waals surface area contributed by atoms with Crippen LogP contribution in [-0.2, 0) is 11.3 Å². The SMILES string of the molecule is COCCNCc1cc(C(C)C)nc2ccc(C(C)C)cc12. The fraction of sp³-hybridized carbons (Fsp3) is 0.526. The summed E-state index contributed by atoms with van der Waals surface area (Å²) in [6.07, 6.45) is 0. The van der Waals surface area contributed by atoms with E-state index in [9.17, 15) is 0 Å². The van der Waals surface area contributed by atoms with Gasteiger partial charge in [0.05, 0.1) is 12.1 Å². The minimum Gasteiger partial charge on any atom is -0.383 e. The van der Waals surface area contributed by atoms with E-state index in [4.69, 9.17) is 9.72 Å². The summed E-state index contributed by atoms with van der Waals surface area (Å²) in [5, 5.41) is 4.72. The maximum Gasteiger partial charge on any atom is 0.0708 e. The number of pyridine rings is 1. The fourth-order valence-electron chi connectivity index (χ4n) is 2.53. The Morgan fingerprint density at radius 1 is 1.09 bits per heavy atom. The van der Waals surface area contributed by atoms with Crippen LogP contribution in [0.15, 0.2) is 24.3 Å². The van der Waals surface area contributed by atoms with Gasteiger partial charge in [-0.15, -0.1) is 0 Å². The van der Waals surface area contributed by atoms with Gasteiger partial charge in [0.2, 0.25) is 0 Å². The van der Waals surface area contributed by atoms with Crippen molar-refractivity contribution < 1.29 is 4.74 Å². The molecule has 0 atom stereocenters. The number of fused-ring (bicyclic) bond motifs is 1. The minimum absolute atomic E-state index is 0.437.